The van der Waals surface area contributed by atoms with Gasteiger partial charge in [0.2, 0.25) is 0 Å². The van der Waals surface area contributed by atoms with Gasteiger partial charge in [-0.15, -0.1) is 0 Å². The van der Waals surface area contributed by atoms with E-state index in [0.29, 0.717) is 5.69 Å². The molecule has 346 valence electrons. The van der Waals surface area contributed by atoms with Crippen LogP contribution in [0.25, 0.3) is 87.6 Å². The van der Waals surface area contributed by atoms with Gasteiger partial charge in [-0.1, -0.05) is 190 Å². The second-order valence-electron chi connectivity index (χ2n) is 19.7. The van der Waals surface area contributed by atoms with Gasteiger partial charge < -0.3 is 14.2 Å². The fraction of sp³-hybridized carbons (Fsp3) is 0.0435. The smallest absolute Gasteiger partial charge is 0.159 e. The van der Waals surface area contributed by atoms with Gasteiger partial charge in [0, 0.05) is 44.2 Å². The molecule has 1 aliphatic rings. The molecule has 0 saturated heterocycles. The van der Waals surface area contributed by atoms with Crippen molar-refractivity contribution in [2.24, 2.45) is 0 Å². The van der Waals surface area contributed by atoms with Crippen LogP contribution in [0.5, 0.6) is 0 Å². The minimum absolute atomic E-state index is 0.303. The van der Waals surface area contributed by atoms with Crippen molar-refractivity contribution in [3.63, 3.8) is 0 Å². The molecule has 0 amide bonds. The molecule has 13 aromatic rings. The highest BCUT2D eigenvalue weighted by Crippen LogP contribution is 2.55. The Hall–Kier alpha value is -9.25. The summed E-state index contributed by atoms with van der Waals surface area (Å²) in [6.07, 6.45) is 0. The first-order valence-corrected chi connectivity index (χ1v) is 25.0. The Bertz CT molecular complexity index is 4300. The van der Waals surface area contributed by atoms with E-state index in [1.807, 2.05) is 78.9 Å². The van der Waals surface area contributed by atoms with E-state index in [9.17, 15) is 0 Å². The monoisotopic (exact) mass is 938 g/mol. The summed E-state index contributed by atoms with van der Waals surface area (Å²) in [5, 5.41) is 8.97. The van der Waals surface area contributed by atoms with E-state index >= 15 is 4.39 Å². The van der Waals surface area contributed by atoms with Gasteiger partial charge in [-0.3, -0.25) is 0 Å². The minimum Gasteiger partial charge on any atom is -0.454 e. The first-order valence-electron chi connectivity index (χ1n) is 25.0. The Morgan fingerprint density at radius 2 is 0.945 bits per heavy atom. The molecular weight excluding hydrogens is 892 g/mol. The first kappa shape index (κ1) is 42.6. The number of hydrogen-bond acceptors (Lipinski definition) is 3. The van der Waals surface area contributed by atoms with Crippen molar-refractivity contribution in [1.29, 1.82) is 0 Å². The third kappa shape index (κ3) is 6.71. The van der Waals surface area contributed by atoms with Crippen LogP contribution >= 0.6 is 0 Å². The number of para-hydroxylation sites is 4. The highest BCUT2D eigenvalue weighted by Gasteiger charge is 2.36. The number of anilines is 6. The van der Waals surface area contributed by atoms with Crippen LogP contribution in [-0.2, 0) is 5.41 Å². The number of nitrogens with zero attached hydrogens (tertiary/aromatic N) is 2. The Kier molecular flexibility index (Phi) is 9.74. The van der Waals surface area contributed by atoms with E-state index in [2.05, 4.69) is 187 Å². The van der Waals surface area contributed by atoms with Crippen molar-refractivity contribution in [1.82, 2.24) is 0 Å². The molecule has 14 rings (SSSR count). The third-order valence-corrected chi connectivity index (χ3v) is 15.2. The maximum atomic E-state index is 17.8. The van der Waals surface area contributed by atoms with Gasteiger partial charge >= 0.3 is 0 Å². The molecule has 1 aromatic heterocycles. The van der Waals surface area contributed by atoms with Crippen LogP contribution in [0.2, 0.25) is 0 Å². The Morgan fingerprint density at radius 3 is 1.68 bits per heavy atom. The van der Waals surface area contributed by atoms with Gasteiger partial charge in [-0.2, -0.15) is 0 Å². The summed E-state index contributed by atoms with van der Waals surface area (Å²) < 4.78 is 24.5. The van der Waals surface area contributed by atoms with Gasteiger partial charge in [-0.05, 0) is 139 Å². The van der Waals surface area contributed by atoms with Crippen molar-refractivity contribution < 1.29 is 8.81 Å². The standard InChI is InChI=1S/C69H47FN2O/c1-69(2)60-34-19-32-54-58-43-64(72(48-27-13-6-14-28-48)67-56(45-23-9-4-10-24-45)39-46(40-62(67)70)44-21-7-3-8-22-44)52-30-16-15-29-50(52)57(58)42-59(66(54)60)51-38-37-49(41-61(51)69)71(47-25-11-5-12-26-47)63-35-20-33-55-53-31-17-18-36-65(53)73-68(55)63/h3-43H,1-2H3. The fourth-order valence-corrected chi connectivity index (χ4v) is 11.9. The van der Waals surface area contributed by atoms with Crippen LogP contribution in [-0.4, -0.2) is 0 Å². The van der Waals surface area contributed by atoms with E-state index in [-0.39, 0.29) is 11.2 Å². The number of rotatable bonds is 8. The summed E-state index contributed by atoms with van der Waals surface area (Å²) in [5.41, 5.74) is 15.1. The number of fused-ring (bicyclic) bond motifs is 9. The van der Waals surface area contributed by atoms with E-state index in [1.54, 1.807) is 6.07 Å². The van der Waals surface area contributed by atoms with Gasteiger partial charge in [-0.25, -0.2) is 4.39 Å². The van der Waals surface area contributed by atoms with E-state index in [0.717, 1.165) is 94.2 Å². The molecule has 1 heterocycles. The summed E-state index contributed by atoms with van der Waals surface area (Å²) in [5.74, 6) is -0.303. The summed E-state index contributed by atoms with van der Waals surface area (Å²) in [7, 11) is 0. The van der Waals surface area contributed by atoms with Crippen molar-refractivity contribution >= 4 is 88.4 Å². The maximum Gasteiger partial charge on any atom is 0.159 e. The van der Waals surface area contributed by atoms with Gasteiger partial charge in [0.25, 0.3) is 0 Å². The molecule has 0 unspecified atom stereocenters. The zero-order chi connectivity index (χ0) is 48.8. The number of benzene rings is 12. The average molecular weight is 939 g/mol. The van der Waals surface area contributed by atoms with Crippen LogP contribution in [0, 0.1) is 5.82 Å². The van der Waals surface area contributed by atoms with E-state index < -0.39 is 0 Å². The SMILES string of the molecule is CC1(C)c2cc(N(c3ccccc3)c3cccc4c3oc3ccccc34)ccc2-c2cc3c4ccccc4c(N(c4ccccc4)c4c(F)cc(-c5ccccc5)cc4-c4ccccc4)cc3c3cccc1c23. The Balaban J connectivity index is 1.00. The molecule has 0 spiro atoms. The van der Waals surface area contributed by atoms with Crippen molar-refractivity contribution in [3.05, 3.63) is 266 Å². The second kappa shape index (κ2) is 16.7. The molecule has 0 bridgehead atoms. The number of hydrogen-bond donors (Lipinski definition) is 0. The van der Waals surface area contributed by atoms with Gasteiger partial charge in [0.05, 0.1) is 17.1 Å². The molecule has 0 aliphatic heterocycles. The van der Waals surface area contributed by atoms with Crippen LogP contribution in [0.15, 0.2) is 253 Å². The van der Waals surface area contributed by atoms with Crippen molar-refractivity contribution in [2.45, 2.75) is 19.3 Å². The zero-order valence-corrected chi connectivity index (χ0v) is 40.4. The highest BCUT2D eigenvalue weighted by atomic mass is 19.1. The van der Waals surface area contributed by atoms with Crippen LogP contribution in [0.4, 0.5) is 38.5 Å². The maximum absolute atomic E-state index is 17.8. The predicted octanol–water partition coefficient (Wildman–Crippen LogP) is 19.8. The van der Waals surface area contributed by atoms with Crippen LogP contribution < -0.4 is 9.80 Å². The van der Waals surface area contributed by atoms with E-state index in [1.165, 1.54) is 33.0 Å². The fourth-order valence-electron chi connectivity index (χ4n) is 11.9. The molecule has 0 N–H and O–H groups in total. The summed E-state index contributed by atoms with van der Waals surface area (Å²) >= 11 is 0. The Labute approximate surface area is 423 Å². The van der Waals surface area contributed by atoms with Crippen LogP contribution in [0.3, 0.4) is 0 Å². The molecule has 1 aliphatic carbocycles. The largest absolute Gasteiger partial charge is 0.454 e. The molecule has 0 fully saturated rings. The molecule has 73 heavy (non-hydrogen) atoms. The lowest BCUT2D eigenvalue weighted by atomic mass is 9.68. The summed E-state index contributed by atoms with van der Waals surface area (Å²) in [4.78, 5) is 4.49. The molecule has 0 radical (unpaired) electrons. The third-order valence-electron chi connectivity index (χ3n) is 15.2. The second-order valence-corrected chi connectivity index (χ2v) is 19.7. The highest BCUT2D eigenvalue weighted by molar-refractivity contribution is 6.25. The first-order chi connectivity index (χ1) is 35.9. The van der Waals surface area contributed by atoms with Gasteiger partial charge in [0.1, 0.15) is 11.4 Å². The predicted molar refractivity (Wildman–Crippen MR) is 304 cm³/mol. The molecule has 3 nitrogen and oxygen atoms in total. The quantitative estimate of drug-likeness (QED) is 0.142. The molecule has 12 aromatic carbocycles. The van der Waals surface area contributed by atoms with Crippen molar-refractivity contribution in [2.75, 3.05) is 9.80 Å². The Morgan fingerprint density at radius 1 is 0.356 bits per heavy atom. The minimum atomic E-state index is -0.386. The molecule has 4 heteroatoms. The normalized spacial score (nSPS) is 12.7. The van der Waals surface area contributed by atoms with Crippen LogP contribution in [0.1, 0.15) is 25.0 Å². The van der Waals surface area contributed by atoms with Gasteiger partial charge in [0.15, 0.2) is 5.58 Å². The lowest BCUT2D eigenvalue weighted by Gasteiger charge is -2.37. The lowest BCUT2D eigenvalue weighted by molar-refractivity contribution is 0.630. The summed E-state index contributed by atoms with van der Waals surface area (Å²) in [6.45, 7) is 4.72. The topological polar surface area (TPSA) is 19.6 Å². The molecule has 0 atom stereocenters. The molecule has 0 saturated carbocycles. The lowest BCUT2D eigenvalue weighted by Crippen LogP contribution is -2.24. The van der Waals surface area contributed by atoms with E-state index in [4.69, 9.17) is 4.42 Å². The molecular formula is C69H47FN2O. The average Bonchev–Trinajstić information content (AvgIpc) is 3.84. The van der Waals surface area contributed by atoms with Crippen molar-refractivity contribution in [3.8, 4) is 33.4 Å². The zero-order valence-electron chi connectivity index (χ0n) is 40.4. The summed E-state index contributed by atoms with van der Waals surface area (Å²) in [6, 6.07) is 86.9. The number of furan rings is 1. The number of halogens is 1.